The summed E-state index contributed by atoms with van der Waals surface area (Å²) in [6, 6.07) is 5.07. The molecule has 86 valence electrons. The van der Waals surface area contributed by atoms with Gasteiger partial charge in [0, 0.05) is 13.1 Å². The largest absolute Gasteiger partial charge is 0.416 e. The number of hydrogen-bond acceptors (Lipinski definition) is 1. The van der Waals surface area contributed by atoms with Gasteiger partial charge >= 0.3 is 6.18 Å². The number of rotatable bonds is 2. The van der Waals surface area contributed by atoms with Crippen molar-refractivity contribution in [1.29, 1.82) is 0 Å². The molecule has 0 aliphatic rings. The molecule has 16 heavy (non-hydrogen) atoms. The first kappa shape index (κ1) is 12.3. The molecule has 0 heterocycles. The summed E-state index contributed by atoms with van der Waals surface area (Å²) in [5.74, 6) is -0.447. The van der Waals surface area contributed by atoms with E-state index in [1.807, 2.05) is 0 Å². The summed E-state index contributed by atoms with van der Waals surface area (Å²) in [5, 5.41) is 2.29. The summed E-state index contributed by atoms with van der Waals surface area (Å²) in [5.41, 5.74) is -0.784. The van der Waals surface area contributed by atoms with Crippen LogP contribution in [0.3, 0.4) is 0 Å². The molecular weight excluding hydrogens is 219 g/mol. The first-order chi connectivity index (χ1) is 7.45. The highest BCUT2D eigenvalue weighted by atomic mass is 19.4. The van der Waals surface area contributed by atoms with Gasteiger partial charge < -0.3 is 5.32 Å². The highest BCUT2D eigenvalue weighted by Gasteiger charge is 2.32. The minimum Gasteiger partial charge on any atom is -0.356 e. The Morgan fingerprint density at radius 3 is 2.50 bits per heavy atom. The zero-order valence-corrected chi connectivity index (χ0v) is 8.51. The third kappa shape index (κ3) is 3.12. The van der Waals surface area contributed by atoms with Gasteiger partial charge in [-0.05, 0) is 17.7 Å². The molecule has 0 radical (unpaired) electrons. The first-order valence-corrected chi connectivity index (χ1v) is 4.51. The van der Waals surface area contributed by atoms with Crippen molar-refractivity contribution in [3.63, 3.8) is 0 Å². The van der Waals surface area contributed by atoms with Gasteiger partial charge in [0.25, 0.3) is 0 Å². The number of benzene rings is 1. The Balaban J connectivity index is 3.05. The predicted octanol–water partition coefficient (Wildman–Crippen LogP) is 2.46. The molecule has 1 aromatic rings. The number of carbonyl (C=O) groups excluding carboxylic acids is 1. The maximum Gasteiger partial charge on any atom is 0.416 e. The zero-order chi connectivity index (χ0) is 12.2. The van der Waals surface area contributed by atoms with E-state index in [0.29, 0.717) is 0 Å². The van der Waals surface area contributed by atoms with Crippen LogP contribution in [0, 0.1) is 0 Å². The van der Waals surface area contributed by atoms with Crippen molar-refractivity contribution in [2.24, 2.45) is 0 Å². The smallest absolute Gasteiger partial charge is 0.356 e. The lowest BCUT2D eigenvalue weighted by Gasteiger charge is -2.09. The Morgan fingerprint density at radius 2 is 1.94 bits per heavy atom. The molecule has 0 saturated carbocycles. The van der Waals surface area contributed by atoms with E-state index in [9.17, 15) is 18.0 Å². The summed E-state index contributed by atoms with van der Waals surface area (Å²) < 4.78 is 37.6. The summed E-state index contributed by atoms with van der Waals surface area (Å²) >= 11 is 0. The molecule has 0 spiro atoms. The van der Waals surface area contributed by atoms with Gasteiger partial charge in [0.1, 0.15) is 0 Å². The molecule has 0 fully saturated rings. The minimum atomic E-state index is -4.41. The zero-order valence-electron chi connectivity index (χ0n) is 8.51. The van der Waals surface area contributed by atoms with E-state index < -0.39 is 17.6 Å². The molecule has 1 aromatic carbocycles. The number of hydrogen-bond donors (Lipinski definition) is 1. The van der Waals surface area contributed by atoms with Crippen molar-refractivity contribution in [2.45, 2.75) is 6.18 Å². The first-order valence-electron chi connectivity index (χ1n) is 4.51. The Kier molecular flexibility index (Phi) is 3.71. The van der Waals surface area contributed by atoms with Gasteiger partial charge in [-0.15, -0.1) is 0 Å². The Labute approximate surface area is 90.8 Å². The number of carbonyl (C=O) groups is 1. The Hall–Kier alpha value is -1.78. The van der Waals surface area contributed by atoms with E-state index in [0.717, 1.165) is 18.2 Å². The number of halogens is 3. The molecule has 1 N–H and O–H groups in total. The standard InChI is InChI=1S/C11H10F3NO/c1-15-10(16)7-6-8-4-2-3-5-9(8)11(12,13)14/h2-7H,1H3,(H,15,16). The van der Waals surface area contributed by atoms with E-state index in [1.165, 1.54) is 25.2 Å². The number of likely N-dealkylation sites (N-methyl/N-ethyl adjacent to an activating group) is 1. The lowest BCUT2D eigenvalue weighted by Crippen LogP contribution is -2.14. The van der Waals surface area contributed by atoms with Crippen molar-refractivity contribution >= 4 is 12.0 Å². The van der Waals surface area contributed by atoms with Crippen LogP contribution in [-0.4, -0.2) is 13.0 Å². The predicted molar refractivity (Wildman–Crippen MR) is 54.5 cm³/mol. The number of alkyl halides is 3. The Morgan fingerprint density at radius 1 is 1.31 bits per heavy atom. The fourth-order valence-electron chi connectivity index (χ4n) is 1.15. The molecule has 0 saturated heterocycles. The molecular formula is C11H10F3NO. The fourth-order valence-corrected chi connectivity index (χ4v) is 1.15. The summed E-state index contributed by atoms with van der Waals surface area (Å²) in [6.45, 7) is 0. The van der Waals surface area contributed by atoms with Crippen molar-refractivity contribution in [2.75, 3.05) is 7.05 Å². The van der Waals surface area contributed by atoms with Gasteiger partial charge in [-0.1, -0.05) is 18.2 Å². The van der Waals surface area contributed by atoms with Crippen molar-refractivity contribution in [1.82, 2.24) is 5.32 Å². The average molecular weight is 229 g/mol. The number of nitrogens with one attached hydrogen (secondary N) is 1. The monoisotopic (exact) mass is 229 g/mol. The van der Waals surface area contributed by atoms with Gasteiger partial charge in [0.05, 0.1) is 5.56 Å². The normalized spacial score (nSPS) is 11.8. The molecule has 2 nitrogen and oxygen atoms in total. The maximum absolute atomic E-state index is 12.5. The van der Waals surface area contributed by atoms with E-state index in [1.54, 1.807) is 0 Å². The van der Waals surface area contributed by atoms with E-state index in [4.69, 9.17) is 0 Å². The third-order valence-corrected chi connectivity index (χ3v) is 1.93. The maximum atomic E-state index is 12.5. The summed E-state index contributed by atoms with van der Waals surface area (Å²) in [7, 11) is 1.41. The molecule has 0 aliphatic carbocycles. The molecule has 1 amide bonds. The Bertz CT molecular complexity index is 410. The van der Waals surface area contributed by atoms with Crippen LogP contribution in [0.25, 0.3) is 6.08 Å². The molecule has 0 unspecified atom stereocenters. The molecule has 0 bridgehead atoms. The van der Waals surface area contributed by atoms with Crippen molar-refractivity contribution in [3.05, 3.63) is 41.5 Å². The van der Waals surface area contributed by atoms with Crippen LogP contribution in [0.4, 0.5) is 13.2 Å². The quantitative estimate of drug-likeness (QED) is 0.775. The second-order valence-electron chi connectivity index (χ2n) is 3.03. The van der Waals surface area contributed by atoms with Crippen molar-refractivity contribution < 1.29 is 18.0 Å². The molecule has 0 atom stereocenters. The second kappa shape index (κ2) is 4.83. The highest BCUT2D eigenvalue weighted by molar-refractivity contribution is 5.91. The molecule has 1 rings (SSSR count). The van der Waals surface area contributed by atoms with E-state index >= 15 is 0 Å². The van der Waals surface area contributed by atoms with Gasteiger partial charge in [0.2, 0.25) is 5.91 Å². The van der Waals surface area contributed by atoms with Crippen LogP contribution >= 0.6 is 0 Å². The highest BCUT2D eigenvalue weighted by Crippen LogP contribution is 2.32. The van der Waals surface area contributed by atoms with Crippen LogP contribution in [0.2, 0.25) is 0 Å². The average Bonchev–Trinajstić information content (AvgIpc) is 2.25. The van der Waals surface area contributed by atoms with Crippen LogP contribution in [0.5, 0.6) is 0 Å². The lowest BCUT2D eigenvalue weighted by molar-refractivity contribution is -0.137. The molecule has 0 aliphatic heterocycles. The molecule has 0 aromatic heterocycles. The van der Waals surface area contributed by atoms with Crippen molar-refractivity contribution in [3.8, 4) is 0 Å². The summed E-state index contributed by atoms with van der Waals surface area (Å²) in [6.07, 6.45) is -2.21. The fraction of sp³-hybridized carbons (Fsp3) is 0.182. The SMILES string of the molecule is CNC(=O)C=Cc1ccccc1C(F)(F)F. The van der Waals surface area contributed by atoms with Gasteiger partial charge in [-0.25, -0.2) is 0 Å². The van der Waals surface area contributed by atoms with Gasteiger partial charge in [0.15, 0.2) is 0 Å². The second-order valence-corrected chi connectivity index (χ2v) is 3.03. The minimum absolute atomic E-state index is 0.0291. The van der Waals surface area contributed by atoms with Crippen LogP contribution in [0.15, 0.2) is 30.3 Å². The van der Waals surface area contributed by atoms with E-state index in [2.05, 4.69) is 5.32 Å². The topological polar surface area (TPSA) is 29.1 Å². The summed E-state index contributed by atoms with van der Waals surface area (Å²) in [4.78, 5) is 10.9. The van der Waals surface area contributed by atoms with Gasteiger partial charge in [-0.2, -0.15) is 13.2 Å². The lowest BCUT2D eigenvalue weighted by atomic mass is 10.1. The third-order valence-electron chi connectivity index (χ3n) is 1.93. The molecule has 5 heteroatoms. The van der Waals surface area contributed by atoms with Crippen LogP contribution in [0.1, 0.15) is 11.1 Å². The van der Waals surface area contributed by atoms with Gasteiger partial charge in [-0.3, -0.25) is 4.79 Å². The number of amides is 1. The van der Waals surface area contributed by atoms with Crippen LogP contribution in [-0.2, 0) is 11.0 Å². The van der Waals surface area contributed by atoms with Crippen LogP contribution < -0.4 is 5.32 Å². The van der Waals surface area contributed by atoms with E-state index in [-0.39, 0.29) is 5.56 Å².